The molecule has 0 aliphatic carbocycles. The first-order valence-electron chi connectivity index (χ1n) is 9.89. The number of carbonyl (C=O) groups excluding carboxylic acids is 4. The lowest BCUT2D eigenvalue weighted by Crippen LogP contribution is -2.30. The molecule has 4 rings (SSSR count). The molecule has 1 aliphatic rings. The molecule has 1 fully saturated rings. The molecule has 1 aliphatic heterocycles. The Hall–Kier alpha value is -4.00. The van der Waals surface area contributed by atoms with Gasteiger partial charge in [-0.1, -0.05) is 42.5 Å². The summed E-state index contributed by atoms with van der Waals surface area (Å²) in [6, 6.07) is 19.2. The molecule has 1 atom stereocenters. The van der Waals surface area contributed by atoms with Crippen LogP contribution in [0.4, 0.5) is 11.4 Å². The molecule has 1 N–H and O–H groups in total. The molecule has 1 heterocycles. The second kappa shape index (κ2) is 8.39. The van der Waals surface area contributed by atoms with E-state index in [0.29, 0.717) is 11.4 Å². The fraction of sp³-hybridized carbons (Fsp3) is 0.167. The van der Waals surface area contributed by atoms with Crippen molar-refractivity contribution in [2.45, 2.75) is 25.9 Å². The van der Waals surface area contributed by atoms with Crippen LogP contribution in [0.5, 0.6) is 0 Å². The van der Waals surface area contributed by atoms with Crippen LogP contribution in [0.3, 0.4) is 0 Å². The van der Waals surface area contributed by atoms with Gasteiger partial charge in [-0.25, -0.2) is 4.79 Å². The van der Waals surface area contributed by atoms with Gasteiger partial charge in [-0.2, -0.15) is 0 Å². The lowest BCUT2D eigenvalue weighted by molar-refractivity contribution is -0.124. The minimum absolute atomic E-state index is 0.148. The van der Waals surface area contributed by atoms with Crippen LogP contribution in [0.1, 0.15) is 30.1 Å². The monoisotopic (exact) mass is 416 g/mol. The van der Waals surface area contributed by atoms with Crippen LogP contribution in [-0.4, -0.2) is 29.8 Å². The molecule has 3 aromatic rings. The summed E-state index contributed by atoms with van der Waals surface area (Å²) in [7, 11) is 0. The van der Waals surface area contributed by atoms with Crippen LogP contribution in [0, 0.1) is 0 Å². The first kappa shape index (κ1) is 20.3. The Kier molecular flexibility index (Phi) is 5.49. The minimum Gasteiger partial charge on any atom is -0.449 e. The van der Waals surface area contributed by atoms with Crippen molar-refractivity contribution in [3.8, 4) is 0 Å². The van der Waals surface area contributed by atoms with E-state index in [-0.39, 0.29) is 30.2 Å². The van der Waals surface area contributed by atoms with Crippen molar-refractivity contribution in [3.63, 3.8) is 0 Å². The molecule has 0 bridgehead atoms. The summed E-state index contributed by atoms with van der Waals surface area (Å²) >= 11 is 0. The number of rotatable bonds is 5. The highest BCUT2D eigenvalue weighted by Gasteiger charge is 2.30. The van der Waals surface area contributed by atoms with Gasteiger partial charge in [-0.05, 0) is 36.6 Å². The first-order chi connectivity index (χ1) is 14.9. The summed E-state index contributed by atoms with van der Waals surface area (Å²) in [5.41, 5.74) is 1.09. The maximum absolute atomic E-state index is 12.6. The molecular formula is C24H20N2O5. The number of hydrogen-bond donors (Lipinski definition) is 1. The van der Waals surface area contributed by atoms with Gasteiger partial charge in [-0.3, -0.25) is 19.3 Å². The van der Waals surface area contributed by atoms with E-state index < -0.39 is 18.0 Å². The number of benzene rings is 3. The number of nitrogens with one attached hydrogen (secondary N) is 1. The number of anilines is 2. The predicted octanol–water partition coefficient (Wildman–Crippen LogP) is 3.68. The molecule has 7 nitrogen and oxygen atoms in total. The Morgan fingerprint density at radius 2 is 1.61 bits per heavy atom. The molecule has 0 unspecified atom stereocenters. The molecule has 31 heavy (non-hydrogen) atoms. The fourth-order valence-corrected chi connectivity index (χ4v) is 3.49. The van der Waals surface area contributed by atoms with E-state index >= 15 is 0 Å². The molecule has 0 aromatic heterocycles. The van der Waals surface area contributed by atoms with E-state index in [0.717, 1.165) is 15.7 Å². The Labute approximate surface area is 178 Å². The highest BCUT2D eigenvalue weighted by molar-refractivity contribution is 6.20. The second-order valence-corrected chi connectivity index (χ2v) is 7.24. The van der Waals surface area contributed by atoms with Crippen molar-refractivity contribution < 1.29 is 23.9 Å². The van der Waals surface area contributed by atoms with Gasteiger partial charge in [0.25, 0.3) is 5.91 Å². The largest absolute Gasteiger partial charge is 0.449 e. The zero-order chi connectivity index (χ0) is 22.0. The average Bonchev–Trinajstić information content (AvgIpc) is 3.12. The maximum Gasteiger partial charge on any atom is 0.338 e. The van der Waals surface area contributed by atoms with Crippen molar-refractivity contribution in [2.24, 2.45) is 0 Å². The van der Waals surface area contributed by atoms with E-state index in [1.807, 2.05) is 36.4 Å². The van der Waals surface area contributed by atoms with E-state index in [4.69, 9.17) is 4.74 Å². The fourth-order valence-electron chi connectivity index (χ4n) is 3.49. The quantitative estimate of drug-likeness (QED) is 0.506. The number of fused-ring (bicyclic) bond motifs is 1. The molecular weight excluding hydrogens is 396 g/mol. The van der Waals surface area contributed by atoms with E-state index in [2.05, 4.69) is 5.32 Å². The Morgan fingerprint density at radius 1 is 0.935 bits per heavy atom. The molecule has 0 saturated carbocycles. The highest BCUT2D eigenvalue weighted by Crippen LogP contribution is 2.25. The van der Waals surface area contributed by atoms with Crippen molar-refractivity contribution in [1.82, 2.24) is 0 Å². The zero-order valence-corrected chi connectivity index (χ0v) is 16.8. The third kappa shape index (κ3) is 4.16. The molecule has 156 valence electrons. The predicted molar refractivity (Wildman–Crippen MR) is 116 cm³/mol. The number of nitrogens with zero attached hydrogens (tertiary/aromatic N) is 1. The van der Waals surface area contributed by atoms with Crippen LogP contribution < -0.4 is 10.2 Å². The van der Waals surface area contributed by atoms with E-state index in [1.165, 1.54) is 19.1 Å². The molecule has 0 radical (unpaired) electrons. The Balaban J connectivity index is 1.46. The topological polar surface area (TPSA) is 92.8 Å². The van der Waals surface area contributed by atoms with Crippen LogP contribution in [-0.2, 0) is 19.1 Å². The third-order valence-electron chi connectivity index (χ3n) is 5.09. The van der Waals surface area contributed by atoms with Gasteiger partial charge in [0.1, 0.15) is 0 Å². The van der Waals surface area contributed by atoms with Gasteiger partial charge >= 0.3 is 5.97 Å². The average molecular weight is 416 g/mol. The van der Waals surface area contributed by atoms with Gasteiger partial charge in [0.2, 0.25) is 11.8 Å². The lowest BCUT2D eigenvalue weighted by Gasteiger charge is -2.16. The van der Waals surface area contributed by atoms with E-state index in [1.54, 1.807) is 18.2 Å². The molecule has 1 saturated heterocycles. The van der Waals surface area contributed by atoms with Crippen LogP contribution >= 0.6 is 0 Å². The van der Waals surface area contributed by atoms with Crippen molar-refractivity contribution in [1.29, 1.82) is 0 Å². The lowest BCUT2D eigenvalue weighted by atomic mass is 10.1. The standard InChI is InChI=1S/C24H20N2O5/c1-15(23(29)25-20-11-5-7-16-6-2-3-10-19(16)20)31-24(30)17-8-4-9-18(14-17)26-21(27)12-13-22(26)28/h2-11,14-15H,12-13H2,1H3,(H,25,29)/t15-/m0/s1. The van der Waals surface area contributed by atoms with Crippen molar-refractivity contribution in [3.05, 3.63) is 72.3 Å². The summed E-state index contributed by atoms with van der Waals surface area (Å²) in [5, 5.41) is 4.65. The summed E-state index contributed by atoms with van der Waals surface area (Å²) in [6.07, 6.45) is -0.747. The maximum atomic E-state index is 12.6. The highest BCUT2D eigenvalue weighted by atomic mass is 16.5. The van der Waals surface area contributed by atoms with Crippen LogP contribution in [0.2, 0.25) is 0 Å². The summed E-state index contributed by atoms with van der Waals surface area (Å²) in [5.74, 6) is -1.80. The molecule has 0 spiro atoms. The zero-order valence-electron chi connectivity index (χ0n) is 16.8. The van der Waals surface area contributed by atoms with Crippen molar-refractivity contribution in [2.75, 3.05) is 10.2 Å². The van der Waals surface area contributed by atoms with Gasteiger partial charge < -0.3 is 10.1 Å². The third-order valence-corrected chi connectivity index (χ3v) is 5.09. The normalized spacial score (nSPS) is 14.5. The van der Waals surface area contributed by atoms with Gasteiger partial charge in [0.05, 0.1) is 11.3 Å². The number of amides is 3. The smallest absolute Gasteiger partial charge is 0.338 e. The Morgan fingerprint density at radius 3 is 2.39 bits per heavy atom. The van der Waals surface area contributed by atoms with Crippen LogP contribution in [0.15, 0.2) is 66.7 Å². The van der Waals surface area contributed by atoms with Crippen molar-refractivity contribution >= 4 is 45.8 Å². The van der Waals surface area contributed by atoms with E-state index in [9.17, 15) is 19.2 Å². The molecule has 7 heteroatoms. The summed E-state index contributed by atoms with van der Waals surface area (Å²) in [4.78, 5) is 50.1. The first-order valence-corrected chi connectivity index (χ1v) is 9.89. The number of ether oxygens (including phenoxy) is 1. The SMILES string of the molecule is C[C@H](OC(=O)c1cccc(N2C(=O)CCC2=O)c1)C(=O)Nc1cccc2ccccc12. The van der Waals surface area contributed by atoms with Crippen LogP contribution in [0.25, 0.3) is 10.8 Å². The second-order valence-electron chi connectivity index (χ2n) is 7.24. The number of esters is 1. The van der Waals surface area contributed by atoms with Gasteiger partial charge in [0.15, 0.2) is 6.10 Å². The Bertz CT molecular complexity index is 1180. The minimum atomic E-state index is -1.05. The molecule has 3 aromatic carbocycles. The number of hydrogen-bond acceptors (Lipinski definition) is 5. The van der Waals surface area contributed by atoms with Gasteiger partial charge in [-0.15, -0.1) is 0 Å². The number of carbonyl (C=O) groups is 4. The van der Waals surface area contributed by atoms with Gasteiger partial charge in [0, 0.05) is 23.9 Å². The summed E-state index contributed by atoms with van der Waals surface area (Å²) in [6.45, 7) is 1.48. The summed E-state index contributed by atoms with van der Waals surface area (Å²) < 4.78 is 5.31. The molecule has 3 amide bonds. The number of imide groups is 1.